The van der Waals surface area contributed by atoms with E-state index in [1.165, 1.54) is 0 Å². The highest BCUT2D eigenvalue weighted by Crippen LogP contribution is 2.22. The van der Waals surface area contributed by atoms with E-state index in [0.29, 0.717) is 11.1 Å². The molecule has 0 bridgehead atoms. The molecule has 1 atom stereocenters. The fourth-order valence-electron chi connectivity index (χ4n) is 3.35. The van der Waals surface area contributed by atoms with Gasteiger partial charge in [0.05, 0.1) is 0 Å². The average molecular weight is 444 g/mol. The molecule has 0 spiro atoms. The van der Waals surface area contributed by atoms with Gasteiger partial charge in [-0.2, -0.15) is 0 Å². The van der Waals surface area contributed by atoms with E-state index in [0.717, 1.165) is 11.1 Å². The first-order valence-electron chi connectivity index (χ1n) is 10.9. The summed E-state index contributed by atoms with van der Waals surface area (Å²) in [7, 11) is 0. The third kappa shape index (κ3) is 6.88. The second-order valence-corrected chi connectivity index (χ2v) is 8.94. The standard InChI is InChI=1S/C28H29NO4/c1-28(2,3)23-16-14-22(15-17-23)26(31)29-24(18-20-10-6-4-7-11-20)27(32)33-19-25(30)21-12-8-5-9-13-21/h4-17,24H,18-19H2,1-3H3,(H,29,31). The number of amides is 1. The predicted molar refractivity (Wildman–Crippen MR) is 128 cm³/mol. The number of Topliss-reactive ketones (excluding diaryl/α,β-unsaturated/α-hetero) is 1. The normalized spacial score (nSPS) is 12.0. The Labute approximate surface area is 194 Å². The van der Waals surface area contributed by atoms with Crippen molar-refractivity contribution in [3.63, 3.8) is 0 Å². The highest BCUT2D eigenvalue weighted by molar-refractivity contribution is 5.99. The van der Waals surface area contributed by atoms with Crippen LogP contribution in [0.4, 0.5) is 0 Å². The average Bonchev–Trinajstić information content (AvgIpc) is 2.82. The summed E-state index contributed by atoms with van der Waals surface area (Å²) in [5.41, 5.74) is 2.87. The molecule has 1 N–H and O–H groups in total. The number of rotatable bonds is 8. The third-order valence-electron chi connectivity index (χ3n) is 5.33. The molecular weight excluding hydrogens is 414 g/mol. The van der Waals surface area contributed by atoms with Crippen LogP contribution in [0, 0.1) is 0 Å². The molecule has 0 saturated heterocycles. The second kappa shape index (κ2) is 10.7. The number of hydrogen-bond acceptors (Lipinski definition) is 4. The molecule has 1 amide bonds. The van der Waals surface area contributed by atoms with Gasteiger partial charge in [0.2, 0.25) is 0 Å². The minimum atomic E-state index is -0.925. The molecule has 0 radical (unpaired) electrons. The van der Waals surface area contributed by atoms with Crippen LogP contribution in [0.25, 0.3) is 0 Å². The molecule has 3 aromatic carbocycles. The summed E-state index contributed by atoms with van der Waals surface area (Å²) in [6, 6.07) is 24.4. The molecular formula is C28H29NO4. The minimum Gasteiger partial charge on any atom is -0.456 e. The molecule has 0 aliphatic heterocycles. The van der Waals surface area contributed by atoms with Crippen LogP contribution in [0.5, 0.6) is 0 Å². The molecule has 3 rings (SSSR count). The van der Waals surface area contributed by atoms with E-state index in [4.69, 9.17) is 4.74 Å². The van der Waals surface area contributed by atoms with Crippen LogP contribution in [0.1, 0.15) is 52.6 Å². The summed E-state index contributed by atoms with van der Waals surface area (Å²) in [5.74, 6) is -1.32. The van der Waals surface area contributed by atoms with Gasteiger partial charge in [-0.15, -0.1) is 0 Å². The van der Waals surface area contributed by atoms with Gasteiger partial charge in [0, 0.05) is 17.5 Å². The Bertz CT molecular complexity index is 1080. The molecule has 0 saturated carbocycles. The molecule has 1 unspecified atom stereocenters. The Morgan fingerprint density at radius 3 is 1.94 bits per heavy atom. The Kier molecular flexibility index (Phi) is 7.78. The molecule has 0 aromatic heterocycles. The van der Waals surface area contributed by atoms with E-state index in [9.17, 15) is 14.4 Å². The van der Waals surface area contributed by atoms with Crippen LogP contribution in [0.2, 0.25) is 0 Å². The van der Waals surface area contributed by atoms with Crippen molar-refractivity contribution in [3.05, 3.63) is 107 Å². The molecule has 3 aromatic rings. The number of carbonyl (C=O) groups excluding carboxylic acids is 3. The summed E-state index contributed by atoms with van der Waals surface area (Å²) in [5, 5.41) is 2.78. The number of benzene rings is 3. The van der Waals surface area contributed by atoms with Gasteiger partial charge in [0.15, 0.2) is 12.4 Å². The highest BCUT2D eigenvalue weighted by atomic mass is 16.5. The quantitative estimate of drug-likeness (QED) is 0.403. The molecule has 170 valence electrons. The Hall–Kier alpha value is -3.73. The fourth-order valence-corrected chi connectivity index (χ4v) is 3.35. The summed E-state index contributed by atoms with van der Waals surface area (Å²) in [6.45, 7) is 5.92. The van der Waals surface area contributed by atoms with Gasteiger partial charge in [-0.1, -0.05) is 93.6 Å². The van der Waals surface area contributed by atoms with Crippen molar-refractivity contribution in [2.45, 2.75) is 38.6 Å². The zero-order valence-electron chi connectivity index (χ0n) is 19.2. The smallest absolute Gasteiger partial charge is 0.329 e. The lowest BCUT2D eigenvalue weighted by Gasteiger charge is -2.20. The van der Waals surface area contributed by atoms with E-state index >= 15 is 0 Å². The highest BCUT2D eigenvalue weighted by Gasteiger charge is 2.25. The number of nitrogens with one attached hydrogen (secondary N) is 1. The van der Waals surface area contributed by atoms with Crippen LogP contribution in [0.3, 0.4) is 0 Å². The maximum atomic E-state index is 12.9. The van der Waals surface area contributed by atoms with Crippen molar-refractivity contribution in [2.75, 3.05) is 6.61 Å². The van der Waals surface area contributed by atoms with Gasteiger partial charge in [0.1, 0.15) is 6.04 Å². The first-order chi connectivity index (χ1) is 15.7. The zero-order chi connectivity index (χ0) is 23.8. The maximum absolute atomic E-state index is 12.9. The molecule has 0 aliphatic rings. The summed E-state index contributed by atoms with van der Waals surface area (Å²) < 4.78 is 5.29. The van der Waals surface area contributed by atoms with Crippen LogP contribution in [-0.2, 0) is 21.4 Å². The van der Waals surface area contributed by atoms with Gasteiger partial charge in [-0.05, 0) is 28.7 Å². The van der Waals surface area contributed by atoms with Crippen molar-refractivity contribution >= 4 is 17.7 Å². The molecule has 0 fully saturated rings. The summed E-state index contributed by atoms with van der Waals surface area (Å²) in [6.07, 6.45) is 0.255. The van der Waals surface area contributed by atoms with E-state index < -0.39 is 12.0 Å². The molecule has 0 aliphatic carbocycles. The number of hydrogen-bond donors (Lipinski definition) is 1. The maximum Gasteiger partial charge on any atom is 0.329 e. The van der Waals surface area contributed by atoms with Gasteiger partial charge < -0.3 is 10.1 Å². The first-order valence-corrected chi connectivity index (χ1v) is 10.9. The van der Waals surface area contributed by atoms with E-state index in [2.05, 4.69) is 26.1 Å². The Balaban J connectivity index is 1.71. The zero-order valence-corrected chi connectivity index (χ0v) is 19.2. The number of ether oxygens (including phenoxy) is 1. The molecule has 0 heterocycles. The number of carbonyl (C=O) groups is 3. The summed E-state index contributed by atoms with van der Waals surface area (Å²) >= 11 is 0. The fraction of sp³-hybridized carbons (Fsp3) is 0.250. The number of esters is 1. The predicted octanol–water partition coefficient (Wildman–Crippen LogP) is 4.75. The lowest BCUT2D eigenvalue weighted by atomic mass is 9.86. The van der Waals surface area contributed by atoms with Crippen LogP contribution < -0.4 is 5.32 Å². The SMILES string of the molecule is CC(C)(C)c1ccc(C(=O)NC(Cc2ccccc2)C(=O)OCC(=O)c2ccccc2)cc1. The van der Waals surface area contributed by atoms with E-state index in [-0.39, 0.29) is 30.1 Å². The van der Waals surface area contributed by atoms with E-state index in [1.54, 1.807) is 36.4 Å². The Morgan fingerprint density at radius 2 is 1.36 bits per heavy atom. The van der Waals surface area contributed by atoms with Crippen LogP contribution in [-0.4, -0.2) is 30.3 Å². The third-order valence-corrected chi connectivity index (χ3v) is 5.33. The Morgan fingerprint density at radius 1 is 0.788 bits per heavy atom. The van der Waals surface area contributed by atoms with Gasteiger partial charge in [-0.25, -0.2) is 4.79 Å². The first kappa shape index (κ1) is 23.9. The van der Waals surface area contributed by atoms with Crippen molar-refractivity contribution in [1.29, 1.82) is 0 Å². The second-order valence-electron chi connectivity index (χ2n) is 8.94. The summed E-state index contributed by atoms with van der Waals surface area (Å²) in [4.78, 5) is 38.1. The molecule has 5 heteroatoms. The van der Waals surface area contributed by atoms with Gasteiger partial charge in [-0.3, -0.25) is 9.59 Å². The van der Waals surface area contributed by atoms with Gasteiger partial charge >= 0.3 is 5.97 Å². The van der Waals surface area contributed by atoms with Crippen molar-refractivity contribution in [3.8, 4) is 0 Å². The van der Waals surface area contributed by atoms with Gasteiger partial charge in [0.25, 0.3) is 5.91 Å². The van der Waals surface area contributed by atoms with Crippen molar-refractivity contribution < 1.29 is 19.1 Å². The van der Waals surface area contributed by atoms with Crippen molar-refractivity contribution in [1.82, 2.24) is 5.32 Å². The molecule has 33 heavy (non-hydrogen) atoms. The van der Waals surface area contributed by atoms with E-state index in [1.807, 2.05) is 48.5 Å². The monoisotopic (exact) mass is 443 g/mol. The molecule has 5 nitrogen and oxygen atoms in total. The topological polar surface area (TPSA) is 72.5 Å². The lowest BCUT2D eigenvalue weighted by molar-refractivity contribution is -0.144. The largest absolute Gasteiger partial charge is 0.456 e. The van der Waals surface area contributed by atoms with Crippen LogP contribution >= 0.6 is 0 Å². The minimum absolute atomic E-state index is 0.0278. The van der Waals surface area contributed by atoms with Crippen molar-refractivity contribution in [2.24, 2.45) is 0 Å². The lowest BCUT2D eigenvalue weighted by Crippen LogP contribution is -2.43. The number of ketones is 1. The van der Waals surface area contributed by atoms with Crippen LogP contribution in [0.15, 0.2) is 84.9 Å².